The Hall–Kier alpha value is -2.36. The second-order valence-electron chi connectivity index (χ2n) is 6.76. The van der Waals surface area contributed by atoms with Crippen molar-refractivity contribution >= 4 is 5.97 Å². The molecule has 3 heterocycles. The number of carbonyl (C=O) groups excluding carboxylic acids is 1. The lowest BCUT2D eigenvalue weighted by Gasteiger charge is -2.35. The normalized spacial score (nSPS) is 22.7. The molecule has 0 N–H and O–H groups in total. The van der Waals surface area contributed by atoms with E-state index in [-0.39, 0.29) is 17.8 Å². The summed E-state index contributed by atoms with van der Waals surface area (Å²) in [5, 5.41) is 20.3. The highest BCUT2D eigenvalue weighted by Crippen LogP contribution is 2.37. The molecule has 1 saturated heterocycles. The van der Waals surface area contributed by atoms with E-state index in [2.05, 4.69) is 37.7 Å². The molecule has 2 atom stereocenters. The molecule has 1 aliphatic carbocycles. The highest BCUT2D eigenvalue weighted by molar-refractivity contribution is 5.86. The molecule has 2 fully saturated rings. The van der Waals surface area contributed by atoms with Crippen LogP contribution >= 0.6 is 0 Å². The Morgan fingerprint density at radius 1 is 1.24 bits per heavy atom. The van der Waals surface area contributed by atoms with Crippen LogP contribution in [-0.4, -0.2) is 66.3 Å². The van der Waals surface area contributed by atoms with Gasteiger partial charge in [0.1, 0.15) is 0 Å². The van der Waals surface area contributed by atoms with E-state index in [1.54, 1.807) is 10.9 Å². The second-order valence-corrected chi connectivity index (χ2v) is 6.76. The molecule has 2 aromatic heterocycles. The summed E-state index contributed by atoms with van der Waals surface area (Å²) < 4.78 is 8.44. The number of methoxy groups -OCH3 is 1. The first kappa shape index (κ1) is 16.1. The topological polar surface area (TPSA) is 104 Å². The number of likely N-dealkylation sites (tertiary alicyclic amines) is 1. The summed E-state index contributed by atoms with van der Waals surface area (Å²) in [6.07, 6.45) is 6.03. The van der Waals surface area contributed by atoms with Crippen LogP contribution in [0.5, 0.6) is 0 Å². The number of esters is 1. The van der Waals surface area contributed by atoms with Crippen LogP contribution in [0.3, 0.4) is 0 Å². The number of hydrogen-bond donors (Lipinski definition) is 0. The van der Waals surface area contributed by atoms with Gasteiger partial charge in [0.05, 0.1) is 31.4 Å². The molecule has 134 valence electrons. The molecule has 0 amide bonds. The van der Waals surface area contributed by atoms with Gasteiger partial charge in [-0.1, -0.05) is 5.21 Å². The lowest BCUT2D eigenvalue weighted by atomic mass is 10.0. The number of ether oxygens (including phenoxy) is 1. The predicted molar refractivity (Wildman–Crippen MR) is 85.7 cm³/mol. The van der Waals surface area contributed by atoms with E-state index in [0.717, 1.165) is 44.6 Å². The summed E-state index contributed by atoms with van der Waals surface area (Å²) in [4.78, 5) is 13.9. The van der Waals surface area contributed by atoms with E-state index in [4.69, 9.17) is 4.74 Å². The molecule has 0 aromatic carbocycles. The summed E-state index contributed by atoms with van der Waals surface area (Å²) in [6, 6.07) is 0.778. The van der Waals surface area contributed by atoms with E-state index in [9.17, 15) is 4.79 Å². The van der Waals surface area contributed by atoms with Gasteiger partial charge in [0.2, 0.25) is 0 Å². The van der Waals surface area contributed by atoms with E-state index in [0.29, 0.717) is 6.04 Å². The molecule has 1 saturated carbocycles. The highest BCUT2D eigenvalue weighted by Gasteiger charge is 2.33. The van der Waals surface area contributed by atoms with Gasteiger partial charge in [0.25, 0.3) is 0 Å². The lowest BCUT2D eigenvalue weighted by Crippen LogP contribution is -2.39. The number of nitrogens with zero attached hydrogens (tertiary/aromatic N) is 8. The van der Waals surface area contributed by atoms with Crippen molar-refractivity contribution in [2.45, 2.75) is 50.7 Å². The molecule has 4 rings (SSSR count). The fourth-order valence-corrected chi connectivity index (χ4v) is 3.42. The first-order valence-corrected chi connectivity index (χ1v) is 8.69. The molecule has 0 unspecified atom stereocenters. The molecule has 0 bridgehead atoms. The number of hydrogen-bond acceptors (Lipinski definition) is 8. The smallest absolute Gasteiger partial charge is 0.360 e. The van der Waals surface area contributed by atoms with Crippen LogP contribution in [0.4, 0.5) is 0 Å². The summed E-state index contributed by atoms with van der Waals surface area (Å²) in [5.41, 5.74) is 0.241. The maximum Gasteiger partial charge on any atom is 0.360 e. The van der Waals surface area contributed by atoms with Gasteiger partial charge in [0.15, 0.2) is 11.5 Å². The largest absolute Gasteiger partial charge is 0.464 e. The molecule has 0 radical (unpaired) electrons. The van der Waals surface area contributed by atoms with Crippen molar-refractivity contribution in [2.24, 2.45) is 0 Å². The number of carbonyl (C=O) groups is 1. The van der Waals surface area contributed by atoms with Crippen LogP contribution in [0, 0.1) is 0 Å². The van der Waals surface area contributed by atoms with Gasteiger partial charge in [-0.15, -0.1) is 10.2 Å². The quantitative estimate of drug-likeness (QED) is 0.732. The van der Waals surface area contributed by atoms with Gasteiger partial charge in [-0.3, -0.25) is 4.90 Å². The molecule has 10 nitrogen and oxygen atoms in total. The van der Waals surface area contributed by atoms with Crippen LogP contribution < -0.4 is 0 Å². The Labute approximate surface area is 145 Å². The average Bonchev–Trinajstić information content (AvgIpc) is 3.18. The lowest BCUT2D eigenvalue weighted by molar-refractivity contribution is 0.0593. The molecule has 10 heteroatoms. The summed E-state index contributed by atoms with van der Waals surface area (Å²) in [7, 11) is 1.34. The molecular formula is C15H22N8O2. The predicted octanol–water partition coefficient (Wildman–Crippen LogP) is 0.784. The highest BCUT2D eigenvalue weighted by atomic mass is 16.5. The first-order chi connectivity index (χ1) is 12.2. The maximum absolute atomic E-state index is 11.6. The molecule has 1 aliphatic heterocycles. The van der Waals surface area contributed by atoms with Crippen molar-refractivity contribution in [3.8, 4) is 0 Å². The van der Waals surface area contributed by atoms with Gasteiger partial charge < -0.3 is 4.74 Å². The Kier molecular flexibility index (Phi) is 4.20. The molecule has 25 heavy (non-hydrogen) atoms. The minimum atomic E-state index is -0.462. The van der Waals surface area contributed by atoms with Crippen molar-refractivity contribution in [3.63, 3.8) is 0 Å². The van der Waals surface area contributed by atoms with Gasteiger partial charge in [-0.2, -0.15) is 0 Å². The van der Waals surface area contributed by atoms with Crippen LogP contribution in [0.15, 0.2) is 6.20 Å². The first-order valence-electron chi connectivity index (χ1n) is 8.69. The van der Waals surface area contributed by atoms with E-state index < -0.39 is 5.97 Å². The fourth-order valence-electron chi connectivity index (χ4n) is 3.42. The number of aromatic nitrogens is 7. The molecular weight excluding hydrogens is 324 g/mol. The van der Waals surface area contributed by atoms with Crippen molar-refractivity contribution in [1.82, 2.24) is 40.1 Å². The van der Waals surface area contributed by atoms with Gasteiger partial charge in [-0.05, 0) is 49.6 Å². The zero-order valence-corrected chi connectivity index (χ0v) is 14.4. The zero-order chi connectivity index (χ0) is 17.4. The molecule has 2 aromatic rings. The average molecular weight is 346 g/mol. The number of piperidine rings is 1. The van der Waals surface area contributed by atoms with Gasteiger partial charge in [0, 0.05) is 6.54 Å². The SMILES string of the molecule is COC(=O)c1cn([C@@H]2CCCN([C@@H](C)c3nnnn3C3CC3)C2)nn1. The Balaban J connectivity index is 1.48. The van der Waals surface area contributed by atoms with Crippen LogP contribution in [0.25, 0.3) is 0 Å². The third-order valence-electron chi connectivity index (χ3n) is 5.04. The van der Waals surface area contributed by atoms with Crippen LogP contribution in [0.1, 0.15) is 67.0 Å². The summed E-state index contributed by atoms with van der Waals surface area (Å²) in [5.74, 6) is 0.466. The summed E-state index contributed by atoms with van der Waals surface area (Å²) in [6.45, 7) is 3.96. The Morgan fingerprint density at radius 2 is 2.08 bits per heavy atom. The summed E-state index contributed by atoms with van der Waals surface area (Å²) >= 11 is 0. The zero-order valence-electron chi connectivity index (χ0n) is 14.4. The molecule has 2 aliphatic rings. The van der Waals surface area contributed by atoms with Gasteiger partial charge >= 0.3 is 5.97 Å². The van der Waals surface area contributed by atoms with Crippen molar-refractivity contribution in [2.75, 3.05) is 20.2 Å². The van der Waals surface area contributed by atoms with Crippen molar-refractivity contribution in [1.29, 1.82) is 0 Å². The van der Waals surface area contributed by atoms with Crippen LogP contribution in [-0.2, 0) is 4.74 Å². The van der Waals surface area contributed by atoms with Crippen LogP contribution in [0.2, 0.25) is 0 Å². The second kappa shape index (κ2) is 6.51. The third-order valence-corrected chi connectivity index (χ3v) is 5.04. The third kappa shape index (κ3) is 3.13. The van der Waals surface area contributed by atoms with E-state index in [1.165, 1.54) is 7.11 Å². The van der Waals surface area contributed by atoms with Crippen molar-refractivity contribution < 1.29 is 9.53 Å². The molecule has 0 spiro atoms. The van der Waals surface area contributed by atoms with E-state index >= 15 is 0 Å². The van der Waals surface area contributed by atoms with Gasteiger partial charge in [-0.25, -0.2) is 14.2 Å². The Morgan fingerprint density at radius 3 is 2.84 bits per heavy atom. The minimum Gasteiger partial charge on any atom is -0.464 e. The standard InChI is InChI=1S/C15H22N8O2/c1-10(14-17-18-20-23(14)11-5-6-11)21-7-3-4-12(8-21)22-9-13(16-19-22)15(24)25-2/h9-12H,3-8H2,1-2H3/t10-,12+/m0/s1. The van der Waals surface area contributed by atoms with E-state index in [1.807, 2.05) is 4.68 Å². The fraction of sp³-hybridized carbons (Fsp3) is 0.733. The Bertz CT molecular complexity index is 752. The maximum atomic E-state index is 11.6. The van der Waals surface area contributed by atoms with Crippen molar-refractivity contribution in [3.05, 3.63) is 17.7 Å². The number of tetrazole rings is 1. The monoisotopic (exact) mass is 346 g/mol. The number of rotatable bonds is 5. The minimum absolute atomic E-state index is 0.141.